The molecule has 0 atom stereocenters. The Morgan fingerprint density at radius 1 is 1.38 bits per heavy atom. The first kappa shape index (κ1) is 11.2. The van der Waals surface area contributed by atoms with Gasteiger partial charge in [-0.25, -0.2) is 10.9 Å². The maximum absolute atomic E-state index is 5.30. The van der Waals surface area contributed by atoms with E-state index in [0.29, 0.717) is 12.5 Å². The highest BCUT2D eigenvalue weighted by Crippen LogP contribution is 2.51. The van der Waals surface area contributed by atoms with Crippen molar-refractivity contribution >= 4 is 0 Å². The third kappa shape index (κ3) is 1.83. The van der Waals surface area contributed by atoms with Crippen LogP contribution in [0, 0.1) is 0 Å². The number of hydrogen-bond acceptors (Lipinski definition) is 5. The molecular formula is C11H16N2O3. The zero-order chi connectivity index (χ0) is 11.6. The molecule has 88 valence electrons. The molecule has 16 heavy (non-hydrogen) atoms. The fourth-order valence-corrected chi connectivity index (χ4v) is 1.91. The molecule has 5 heteroatoms. The van der Waals surface area contributed by atoms with Gasteiger partial charge in [0.25, 0.3) is 0 Å². The fourth-order valence-electron chi connectivity index (χ4n) is 1.91. The van der Waals surface area contributed by atoms with Crippen molar-refractivity contribution in [3.63, 3.8) is 0 Å². The molecule has 1 fully saturated rings. The van der Waals surface area contributed by atoms with Gasteiger partial charge >= 0.3 is 0 Å². The molecule has 0 spiro atoms. The van der Waals surface area contributed by atoms with Crippen molar-refractivity contribution in [1.29, 1.82) is 0 Å². The van der Waals surface area contributed by atoms with Gasteiger partial charge in [0.15, 0.2) is 0 Å². The van der Waals surface area contributed by atoms with Gasteiger partial charge in [-0.1, -0.05) is 0 Å². The maximum Gasteiger partial charge on any atom is 0.213 e. The summed E-state index contributed by atoms with van der Waals surface area (Å²) in [5, 5.41) is 0. The van der Waals surface area contributed by atoms with E-state index in [1.165, 1.54) is 0 Å². The van der Waals surface area contributed by atoms with Crippen LogP contribution in [-0.4, -0.2) is 25.8 Å². The Bertz CT molecular complexity index is 377. The van der Waals surface area contributed by atoms with Crippen molar-refractivity contribution in [2.45, 2.75) is 18.3 Å². The van der Waals surface area contributed by atoms with Crippen LogP contribution in [0.4, 0.5) is 0 Å². The van der Waals surface area contributed by atoms with Crippen LogP contribution in [0.5, 0.6) is 11.6 Å². The molecule has 0 aromatic carbocycles. The summed E-state index contributed by atoms with van der Waals surface area (Å²) in [5.41, 5.74) is 1.04. The van der Waals surface area contributed by atoms with Gasteiger partial charge in [0.05, 0.1) is 27.0 Å². The predicted octanol–water partition coefficient (Wildman–Crippen LogP) is 1.02. The first-order valence-corrected chi connectivity index (χ1v) is 5.16. The highest BCUT2D eigenvalue weighted by Gasteiger charge is 2.47. The Morgan fingerprint density at radius 2 is 2.12 bits per heavy atom. The van der Waals surface area contributed by atoms with Crippen molar-refractivity contribution in [3.8, 4) is 11.6 Å². The summed E-state index contributed by atoms with van der Waals surface area (Å²) >= 11 is 0. The number of aromatic nitrogens is 1. The van der Waals surface area contributed by atoms with Crippen LogP contribution in [0.2, 0.25) is 0 Å². The topological polar surface area (TPSA) is 66.6 Å². The quantitative estimate of drug-likeness (QED) is 0.756. The molecule has 1 aliphatic carbocycles. The van der Waals surface area contributed by atoms with E-state index in [4.69, 9.17) is 20.2 Å². The van der Waals surface area contributed by atoms with E-state index in [2.05, 4.69) is 4.98 Å². The second-order valence-electron chi connectivity index (χ2n) is 4.02. The molecule has 0 radical (unpaired) electrons. The lowest BCUT2D eigenvalue weighted by molar-refractivity contribution is 0.115. The number of hydrogen-bond donors (Lipinski definition) is 1. The van der Waals surface area contributed by atoms with E-state index in [-0.39, 0.29) is 5.41 Å². The number of nitrogens with zero attached hydrogens (tertiary/aromatic N) is 1. The molecule has 5 nitrogen and oxygen atoms in total. The maximum atomic E-state index is 5.30. The Morgan fingerprint density at radius 3 is 2.62 bits per heavy atom. The van der Waals surface area contributed by atoms with Gasteiger partial charge in [-0.15, -0.1) is 0 Å². The van der Waals surface area contributed by atoms with E-state index in [9.17, 15) is 0 Å². The van der Waals surface area contributed by atoms with Gasteiger partial charge in [-0.3, -0.25) is 0 Å². The van der Waals surface area contributed by atoms with Crippen LogP contribution in [-0.2, 0) is 10.3 Å². The van der Waals surface area contributed by atoms with Gasteiger partial charge in [0, 0.05) is 17.0 Å². The summed E-state index contributed by atoms with van der Waals surface area (Å²) in [6, 6.07) is 1.89. The summed E-state index contributed by atoms with van der Waals surface area (Å²) in [5.74, 6) is 6.51. The number of methoxy groups -OCH3 is 2. The highest BCUT2D eigenvalue weighted by atomic mass is 16.6. The molecule has 1 aromatic heterocycles. The number of pyridine rings is 1. The van der Waals surface area contributed by atoms with Gasteiger partial charge < -0.3 is 14.3 Å². The van der Waals surface area contributed by atoms with Gasteiger partial charge in [0.1, 0.15) is 5.75 Å². The first-order chi connectivity index (χ1) is 7.75. The van der Waals surface area contributed by atoms with E-state index in [0.717, 1.165) is 24.2 Å². The first-order valence-electron chi connectivity index (χ1n) is 5.16. The molecule has 2 N–H and O–H groups in total. The SMILES string of the molecule is COc1cc(C2(CON)CC2)c(OC)cn1. The Kier molecular flexibility index (Phi) is 2.98. The molecular weight excluding hydrogens is 208 g/mol. The lowest BCUT2D eigenvalue weighted by Gasteiger charge is -2.17. The summed E-state index contributed by atoms with van der Waals surface area (Å²) in [6.45, 7) is 0.497. The van der Waals surface area contributed by atoms with Crippen molar-refractivity contribution in [2.75, 3.05) is 20.8 Å². The average molecular weight is 224 g/mol. The number of ether oxygens (including phenoxy) is 2. The third-order valence-electron chi connectivity index (χ3n) is 3.06. The minimum atomic E-state index is -0.0175. The lowest BCUT2D eigenvalue weighted by Crippen LogP contribution is -2.19. The summed E-state index contributed by atoms with van der Waals surface area (Å²) < 4.78 is 10.4. The average Bonchev–Trinajstić information content (AvgIpc) is 3.09. The van der Waals surface area contributed by atoms with Crippen LogP contribution in [0.3, 0.4) is 0 Å². The second kappa shape index (κ2) is 4.27. The summed E-state index contributed by atoms with van der Waals surface area (Å²) in [7, 11) is 3.23. The molecule has 0 bridgehead atoms. The van der Waals surface area contributed by atoms with Gasteiger partial charge in [0.2, 0.25) is 5.88 Å². The van der Waals surface area contributed by atoms with Crippen LogP contribution < -0.4 is 15.4 Å². The monoisotopic (exact) mass is 224 g/mol. The Balaban J connectivity index is 2.37. The van der Waals surface area contributed by atoms with Crippen molar-refractivity contribution < 1.29 is 14.3 Å². The lowest BCUT2D eigenvalue weighted by atomic mass is 9.97. The van der Waals surface area contributed by atoms with E-state index < -0.39 is 0 Å². The largest absolute Gasteiger partial charge is 0.495 e. The zero-order valence-electron chi connectivity index (χ0n) is 9.53. The van der Waals surface area contributed by atoms with Gasteiger partial charge in [-0.2, -0.15) is 0 Å². The molecule has 1 aromatic rings. The Hall–Kier alpha value is -1.33. The van der Waals surface area contributed by atoms with Crippen molar-refractivity contribution in [2.24, 2.45) is 5.90 Å². The number of rotatable bonds is 5. The van der Waals surface area contributed by atoms with E-state index >= 15 is 0 Å². The fraction of sp³-hybridized carbons (Fsp3) is 0.545. The molecule has 0 unspecified atom stereocenters. The van der Waals surface area contributed by atoms with Crippen molar-refractivity contribution in [1.82, 2.24) is 4.98 Å². The van der Waals surface area contributed by atoms with E-state index in [1.807, 2.05) is 6.07 Å². The molecule has 0 aliphatic heterocycles. The minimum Gasteiger partial charge on any atom is -0.495 e. The molecule has 0 amide bonds. The van der Waals surface area contributed by atoms with Gasteiger partial charge in [-0.05, 0) is 12.8 Å². The smallest absolute Gasteiger partial charge is 0.213 e. The predicted molar refractivity (Wildman–Crippen MR) is 58.4 cm³/mol. The molecule has 1 aliphatic rings. The second-order valence-corrected chi connectivity index (χ2v) is 4.02. The molecule has 2 rings (SSSR count). The van der Waals surface area contributed by atoms with Crippen molar-refractivity contribution in [3.05, 3.63) is 17.8 Å². The highest BCUT2D eigenvalue weighted by molar-refractivity contribution is 5.44. The molecule has 1 heterocycles. The molecule has 0 saturated heterocycles. The minimum absolute atomic E-state index is 0.0175. The number of nitrogens with two attached hydrogens (primary N) is 1. The summed E-state index contributed by atoms with van der Waals surface area (Å²) in [4.78, 5) is 8.89. The van der Waals surface area contributed by atoms with Crippen LogP contribution in [0.15, 0.2) is 12.3 Å². The van der Waals surface area contributed by atoms with Crippen LogP contribution >= 0.6 is 0 Å². The van der Waals surface area contributed by atoms with Crippen LogP contribution in [0.1, 0.15) is 18.4 Å². The summed E-state index contributed by atoms with van der Waals surface area (Å²) in [6.07, 6.45) is 3.77. The third-order valence-corrected chi connectivity index (χ3v) is 3.06. The standard InChI is InChI=1S/C11H16N2O3/c1-14-9-6-13-10(15-2)5-8(9)11(3-4-11)7-16-12/h5-6H,3-4,7,12H2,1-2H3. The zero-order valence-corrected chi connectivity index (χ0v) is 9.53. The van der Waals surface area contributed by atoms with E-state index in [1.54, 1.807) is 20.4 Å². The Labute approximate surface area is 94.5 Å². The van der Waals surface area contributed by atoms with Crippen LogP contribution in [0.25, 0.3) is 0 Å². The normalized spacial score (nSPS) is 16.9. The molecule has 1 saturated carbocycles.